The average Bonchev–Trinajstić information content (AvgIpc) is 2.21. The van der Waals surface area contributed by atoms with Crippen molar-refractivity contribution >= 4 is 34.6 Å². The number of nitrogens with two attached hydrogens (primary N) is 1. The minimum atomic E-state index is 0.470. The SMILES string of the molecule is C[C@H]1CCC[C@H](C)N1c1c(Cl)cc(N)cc1Cl. The summed E-state index contributed by atoms with van der Waals surface area (Å²) in [6, 6.07) is 4.49. The van der Waals surface area contributed by atoms with Crippen molar-refractivity contribution in [3.8, 4) is 0 Å². The maximum absolute atomic E-state index is 6.29. The van der Waals surface area contributed by atoms with Crippen molar-refractivity contribution in [2.45, 2.75) is 45.2 Å². The Morgan fingerprint density at radius 1 is 1.12 bits per heavy atom. The summed E-state index contributed by atoms with van der Waals surface area (Å²) in [5.74, 6) is 0. The molecule has 17 heavy (non-hydrogen) atoms. The van der Waals surface area contributed by atoms with E-state index in [0.717, 1.165) is 5.69 Å². The molecular formula is C13H18Cl2N2. The molecule has 1 fully saturated rings. The van der Waals surface area contributed by atoms with Crippen LogP contribution in [0.15, 0.2) is 12.1 Å². The molecule has 0 radical (unpaired) electrons. The highest BCUT2D eigenvalue weighted by atomic mass is 35.5. The molecule has 94 valence electrons. The fraction of sp³-hybridized carbons (Fsp3) is 0.538. The second-order valence-corrected chi connectivity index (χ2v) is 5.68. The van der Waals surface area contributed by atoms with Crippen molar-refractivity contribution in [1.29, 1.82) is 0 Å². The molecule has 1 aliphatic heterocycles. The molecule has 0 bridgehead atoms. The van der Waals surface area contributed by atoms with Crippen LogP contribution in [0.25, 0.3) is 0 Å². The van der Waals surface area contributed by atoms with Gasteiger partial charge in [0.05, 0.1) is 15.7 Å². The Kier molecular flexibility index (Phi) is 3.74. The van der Waals surface area contributed by atoms with E-state index < -0.39 is 0 Å². The fourth-order valence-corrected chi connectivity index (χ4v) is 3.39. The van der Waals surface area contributed by atoms with Crippen LogP contribution in [-0.2, 0) is 0 Å². The number of hydrogen-bond acceptors (Lipinski definition) is 2. The van der Waals surface area contributed by atoms with Gasteiger partial charge in [0.15, 0.2) is 0 Å². The van der Waals surface area contributed by atoms with Crippen molar-refractivity contribution < 1.29 is 0 Å². The number of rotatable bonds is 1. The highest BCUT2D eigenvalue weighted by Gasteiger charge is 2.28. The van der Waals surface area contributed by atoms with E-state index >= 15 is 0 Å². The summed E-state index contributed by atoms with van der Waals surface area (Å²) in [7, 11) is 0. The Labute approximate surface area is 113 Å². The number of benzene rings is 1. The standard InChI is InChI=1S/C13H18Cl2N2/c1-8-4-3-5-9(2)17(8)13-11(14)6-10(16)7-12(13)15/h6-9H,3-5,16H2,1-2H3/t8-,9-/m0/s1. The first-order chi connectivity index (χ1) is 8.00. The molecule has 0 spiro atoms. The first-order valence-electron chi connectivity index (χ1n) is 6.03. The van der Waals surface area contributed by atoms with Crippen molar-refractivity contribution in [2.75, 3.05) is 10.6 Å². The van der Waals surface area contributed by atoms with Gasteiger partial charge >= 0.3 is 0 Å². The molecule has 4 heteroatoms. The summed E-state index contributed by atoms with van der Waals surface area (Å²) >= 11 is 12.6. The number of hydrogen-bond donors (Lipinski definition) is 1. The van der Waals surface area contributed by atoms with Crippen LogP contribution in [-0.4, -0.2) is 12.1 Å². The summed E-state index contributed by atoms with van der Waals surface area (Å²) in [6.07, 6.45) is 3.63. The topological polar surface area (TPSA) is 29.3 Å². The molecule has 2 nitrogen and oxygen atoms in total. The molecule has 0 aromatic heterocycles. The van der Waals surface area contributed by atoms with Gasteiger partial charge in [-0.25, -0.2) is 0 Å². The minimum absolute atomic E-state index is 0.470. The molecule has 0 amide bonds. The van der Waals surface area contributed by atoms with Crippen molar-refractivity contribution in [3.63, 3.8) is 0 Å². The first-order valence-corrected chi connectivity index (χ1v) is 6.79. The van der Waals surface area contributed by atoms with Crippen molar-refractivity contribution in [2.24, 2.45) is 0 Å². The van der Waals surface area contributed by atoms with Gasteiger partial charge in [0, 0.05) is 17.8 Å². The summed E-state index contributed by atoms with van der Waals surface area (Å²) in [5, 5.41) is 1.30. The summed E-state index contributed by atoms with van der Waals surface area (Å²) in [4.78, 5) is 2.33. The van der Waals surface area contributed by atoms with Gasteiger partial charge in [-0.1, -0.05) is 23.2 Å². The molecule has 2 atom stereocenters. The van der Waals surface area contributed by atoms with Gasteiger partial charge in [-0.3, -0.25) is 0 Å². The van der Waals surface area contributed by atoms with Gasteiger partial charge in [0.1, 0.15) is 0 Å². The fourth-order valence-electron chi connectivity index (χ4n) is 2.69. The smallest absolute Gasteiger partial charge is 0.0751 e. The maximum atomic E-state index is 6.29. The zero-order valence-electron chi connectivity index (χ0n) is 10.2. The van der Waals surface area contributed by atoms with Gasteiger partial charge < -0.3 is 10.6 Å². The van der Waals surface area contributed by atoms with Crippen LogP contribution in [0, 0.1) is 0 Å². The van der Waals surface area contributed by atoms with Crippen LogP contribution in [0.4, 0.5) is 11.4 Å². The molecule has 1 saturated heterocycles. The second kappa shape index (κ2) is 4.95. The van der Waals surface area contributed by atoms with Crippen LogP contribution >= 0.6 is 23.2 Å². The summed E-state index contributed by atoms with van der Waals surface area (Å²) in [5.41, 5.74) is 7.28. The number of nitrogen functional groups attached to an aromatic ring is 1. The van der Waals surface area contributed by atoms with E-state index in [1.54, 1.807) is 12.1 Å². The largest absolute Gasteiger partial charge is 0.399 e. The van der Waals surface area contributed by atoms with E-state index in [0.29, 0.717) is 27.8 Å². The lowest BCUT2D eigenvalue weighted by Crippen LogP contribution is -2.44. The van der Waals surface area contributed by atoms with Crippen LogP contribution in [0.5, 0.6) is 0 Å². The third-order valence-electron chi connectivity index (χ3n) is 3.49. The Bertz CT molecular complexity index is 387. The van der Waals surface area contributed by atoms with Gasteiger partial charge in [-0.2, -0.15) is 0 Å². The van der Waals surface area contributed by atoms with Gasteiger partial charge in [-0.05, 0) is 45.2 Å². The van der Waals surface area contributed by atoms with Crippen molar-refractivity contribution in [1.82, 2.24) is 0 Å². The number of nitrogens with zero attached hydrogens (tertiary/aromatic N) is 1. The molecular weight excluding hydrogens is 255 g/mol. The zero-order chi connectivity index (χ0) is 12.6. The summed E-state index contributed by atoms with van der Waals surface area (Å²) < 4.78 is 0. The summed E-state index contributed by atoms with van der Waals surface area (Å²) in [6.45, 7) is 4.44. The Morgan fingerprint density at radius 2 is 1.59 bits per heavy atom. The van der Waals surface area contributed by atoms with Crippen LogP contribution < -0.4 is 10.6 Å². The third-order valence-corrected chi connectivity index (χ3v) is 4.07. The molecule has 1 heterocycles. The van der Waals surface area contributed by atoms with E-state index in [-0.39, 0.29) is 0 Å². The number of anilines is 2. The van der Waals surface area contributed by atoms with Gasteiger partial charge in [0.25, 0.3) is 0 Å². The van der Waals surface area contributed by atoms with E-state index in [4.69, 9.17) is 28.9 Å². The molecule has 2 rings (SSSR count). The van der Waals surface area contributed by atoms with Crippen LogP contribution in [0.3, 0.4) is 0 Å². The average molecular weight is 273 g/mol. The first kappa shape index (κ1) is 12.8. The highest BCUT2D eigenvalue weighted by molar-refractivity contribution is 6.39. The molecule has 0 aliphatic carbocycles. The Morgan fingerprint density at radius 3 is 2.06 bits per heavy atom. The highest BCUT2D eigenvalue weighted by Crippen LogP contribution is 2.40. The minimum Gasteiger partial charge on any atom is -0.399 e. The lowest BCUT2D eigenvalue weighted by Gasteiger charge is -2.41. The molecule has 2 N–H and O–H groups in total. The lowest BCUT2D eigenvalue weighted by molar-refractivity contribution is 0.414. The number of halogens is 2. The number of piperidine rings is 1. The predicted molar refractivity (Wildman–Crippen MR) is 76.1 cm³/mol. The van der Waals surface area contributed by atoms with E-state index in [9.17, 15) is 0 Å². The Balaban J connectivity index is 2.44. The van der Waals surface area contributed by atoms with E-state index in [1.165, 1.54) is 19.3 Å². The second-order valence-electron chi connectivity index (χ2n) is 4.87. The lowest BCUT2D eigenvalue weighted by atomic mass is 9.96. The van der Waals surface area contributed by atoms with E-state index in [2.05, 4.69) is 18.7 Å². The van der Waals surface area contributed by atoms with Gasteiger partial charge in [-0.15, -0.1) is 0 Å². The third kappa shape index (κ3) is 2.48. The van der Waals surface area contributed by atoms with Crippen LogP contribution in [0.2, 0.25) is 10.0 Å². The normalized spacial score (nSPS) is 25.1. The molecule has 0 saturated carbocycles. The van der Waals surface area contributed by atoms with Crippen molar-refractivity contribution in [3.05, 3.63) is 22.2 Å². The molecule has 1 aromatic carbocycles. The van der Waals surface area contributed by atoms with E-state index in [1.807, 2.05) is 0 Å². The maximum Gasteiger partial charge on any atom is 0.0751 e. The predicted octanol–water partition coefficient (Wildman–Crippen LogP) is 4.34. The zero-order valence-corrected chi connectivity index (χ0v) is 11.7. The molecule has 1 aromatic rings. The molecule has 0 unspecified atom stereocenters. The van der Waals surface area contributed by atoms with Gasteiger partial charge in [0.2, 0.25) is 0 Å². The molecule has 1 aliphatic rings. The monoisotopic (exact) mass is 272 g/mol. The Hall–Kier alpha value is -0.600. The quantitative estimate of drug-likeness (QED) is 0.771. The van der Waals surface area contributed by atoms with Crippen LogP contribution in [0.1, 0.15) is 33.1 Å².